The Bertz CT molecular complexity index is 1320. The molecule has 0 atom stereocenters. The maximum atomic E-state index is 12.3. The molecule has 1 aliphatic heterocycles. The van der Waals surface area contributed by atoms with Crippen molar-refractivity contribution in [1.82, 2.24) is 20.4 Å². The van der Waals surface area contributed by atoms with Crippen molar-refractivity contribution in [2.45, 2.75) is 31.8 Å². The second-order valence-corrected chi connectivity index (χ2v) is 10.4. The monoisotopic (exact) mass is 535 g/mol. The fourth-order valence-corrected chi connectivity index (χ4v) is 5.39. The van der Waals surface area contributed by atoms with Gasteiger partial charge in [-0.15, -0.1) is 15.3 Å². The summed E-state index contributed by atoms with van der Waals surface area (Å²) in [5, 5.41) is 24.2. The summed E-state index contributed by atoms with van der Waals surface area (Å²) in [4.78, 5) is 26.7. The molecule has 2 N–H and O–H groups in total. The summed E-state index contributed by atoms with van der Waals surface area (Å²) in [5.74, 6) is -0.261. The molecular formula is C25H25N7O3S2. The Labute approximate surface area is 221 Å². The molecule has 0 radical (unpaired) electrons. The number of hydrogen-bond acceptors (Lipinski definition) is 10. The van der Waals surface area contributed by atoms with Gasteiger partial charge >= 0.3 is 0 Å². The lowest BCUT2D eigenvalue weighted by Gasteiger charge is -2.30. The highest BCUT2D eigenvalue weighted by molar-refractivity contribution is 7.19. The minimum atomic E-state index is -0.144. The lowest BCUT2D eigenvalue weighted by molar-refractivity contribution is -0.116. The summed E-state index contributed by atoms with van der Waals surface area (Å²) >= 11 is 2.58. The predicted molar refractivity (Wildman–Crippen MR) is 143 cm³/mol. The molecule has 0 aliphatic carbocycles. The van der Waals surface area contributed by atoms with Gasteiger partial charge in [0.15, 0.2) is 0 Å². The number of carbonyl (C=O) groups is 2. The van der Waals surface area contributed by atoms with E-state index in [0.29, 0.717) is 21.9 Å². The largest absolute Gasteiger partial charge is 0.465 e. The van der Waals surface area contributed by atoms with Crippen LogP contribution in [0.4, 0.5) is 15.4 Å². The maximum Gasteiger partial charge on any atom is 0.296 e. The molecule has 3 heterocycles. The first kappa shape index (κ1) is 24.8. The van der Waals surface area contributed by atoms with Gasteiger partial charge in [0.1, 0.15) is 6.10 Å². The zero-order valence-corrected chi connectivity index (χ0v) is 21.5. The molecule has 10 nitrogen and oxygen atoms in total. The highest BCUT2D eigenvalue weighted by atomic mass is 32.1. The van der Waals surface area contributed by atoms with Crippen LogP contribution in [0.5, 0.6) is 5.19 Å². The Morgan fingerprint density at radius 1 is 0.784 bits per heavy atom. The first-order chi connectivity index (χ1) is 18.1. The van der Waals surface area contributed by atoms with E-state index in [2.05, 4.69) is 35.9 Å². The third kappa shape index (κ3) is 7.08. The van der Waals surface area contributed by atoms with E-state index in [0.717, 1.165) is 42.2 Å². The number of rotatable bonds is 9. The van der Waals surface area contributed by atoms with Crippen LogP contribution in [0.2, 0.25) is 0 Å². The number of anilines is 3. The molecule has 1 saturated heterocycles. The van der Waals surface area contributed by atoms with Gasteiger partial charge in [-0.2, -0.15) is 0 Å². The van der Waals surface area contributed by atoms with Crippen molar-refractivity contribution >= 4 is 49.9 Å². The highest BCUT2D eigenvalue weighted by Gasteiger charge is 2.24. The average Bonchev–Trinajstić information content (AvgIpc) is 3.55. The van der Waals surface area contributed by atoms with Gasteiger partial charge in [-0.25, -0.2) is 0 Å². The number of carbonyl (C=O) groups excluding carboxylic acids is 2. The van der Waals surface area contributed by atoms with Crippen molar-refractivity contribution in [3.8, 4) is 5.19 Å². The Morgan fingerprint density at radius 2 is 1.32 bits per heavy atom. The van der Waals surface area contributed by atoms with Gasteiger partial charge in [-0.1, -0.05) is 77.1 Å². The molecule has 1 fully saturated rings. The van der Waals surface area contributed by atoms with Crippen molar-refractivity contribution in [1.29, 1.82) is 0 Å². The van der Waals surface area contributed by atoms with Crippen LogP contribution in [-0.4, -0.2) is 51.4 Å². The minimum absolute atomic E-state index is 0.00460. The van der Waals surface area contributed by atoms with E-state index in [1.165, 1.54) is 22.7 Å². The van der Waals surface area contributed by atoms with Crippen LogP contribution < -0.4 is 20.3 Å². The standard InChI is InChI=1S/C25H25N7O3S2/c33-20(15-17-7-3-1-4-8-17)26-22-28-30-24(36-22)32-13-11-19(12-14-32)35-25-31-29-23(37-25)27-21(34)16-18-9-5-2-6-10-18/h1-10,19H,11-16H2,(H,26,28,33)(H,27,29,34). The van der Waals surface area contributed by atoms with E-state index in [9.17, 15) is 9.59 Å². The van der Waals surface area contributed by atoms with E-state index < -0.39 is 0 Å². The summed E-state index contributed by atoms with van der Waals surface area (Å²) in [6.07, 6.45) is 2.13. The summed E-state index contributed by atoms with van der Waals surface area (Å²) in [7, 11) is 0. The van der Waals surface area contributed by atoms with Crippen molar-refractivity contribution in [2.75, 3.05) is 28.6 Å². The van der Waals surface area contributed by atoms with Crippen molar-refractivity contribution < 1.29 is 14.3 Å². The van der Waals surface area contributed by atoms with Gasteiger partial charge < -0.3 is 20.3 Å². The van der Waals surface area contributed by atoms with E-state index in [-0.39, 0.29) is 24.3 Å². The Morgan fingerprint density at radius 3 is 1.92 bits per heavy atom. The normalized spacial score (nSPS) is 13.8. The quantitative estimate of drug-likeness (QED) is 0.332. The summed E-state index contributed by atoms with van der Waals surface area (Å²) in [5.41, 5.74) is 1.88. The van der Waals surface area contributed by atoms with Gasteiger partial charge in [0, 0.05) is 25.9 Å². The second-order valence-electron chi connectivity index (χ2n) is 8.49. The first-order valence-electron chi connectivity index (χ1n) is 11.9. The highest BCUT2D eigenvalue weighted by Crippen LogP contribution is 2.29. The first-order valence-corrected chi connectivity index (χ1v) is 13.5. The molecule has 0 unspecified atom stereocenters. The van der Waals surface area contributed by atoms with Crippen LogP contribution in [-0.2, 0) is 22.4 Å². The Kier molecular flexibility index (Phi) is 7.96. The molecule has 2 amide bonds. The molecule has 2 aromatic carbocycles. The molecule has 37 heavy (non-hydrogen) atoms. The molecule has 12 heteroatoms. The third-order valence-corrected chi connectivity index (χ3v) is 7.34. The molecular weight excluding hydrogens is 510 g/mol. The summed E-state index contributed by atoms with van der Waals surface area (Å²) < 4.78 is 6.01. The summed E-state index contributed by atoms with van der Waals surface area (Å²) in [6.45, 7) is 1.49. The maximum absolute atomic E-state index is 12.3. The molecule has 1 aliphatic rings. The number of benzene rings is 2. The predicted octanol–water partition coefficient (Wildman–Crippen LogP) is 3.80. The van der Waals surface area contributed by atoms with Gasteiger partial charge in [0.05, 0.1) is 12.8 Å². The zero-order chi connectivity index (χ0) is 25.5. The number of nitrogens with one attached hydrogen (secondary N) is 2. The van der Waals surface area contributed by atoms with Crippen LogP contribution in [0.1, 0.15) is 24.0 Å². The minimum Gasteiger partial charge on any atom is -0.465 e. The van der Waals surface area contributed by atoms with Crippen molar-refractivity contribution in [2.24, 2.45) is 0 Å². The lowest BCUT2D eigenvalue weighted by Crippen LogP contribution is -2.38. The Balaban J connectivity index is 1.06. The number of hydrogen-bond donors (Lipinski definition) is 2. The van der Waals surface area contributed by atoms with E-state index in [1.54, 1.807) is 0 Å². The van der Waals surface area contributed by atoms with Gasteiger partial charge in [-0.3, -0.25) is 9.59 Å². The van der Waals surface area contributed by atoms with E-state index >= 15 is 0 Å². The fourth-order valence-electron chi connectivity index (χ4n) is 3.90. The molecule has 0 bridgehead atoms. The molecule has 2 aromatic heterocycles. The van der Waals surface area contributed by atoms with Crippen molar-refractivity contribution in [3.63, 3.8) is 0 Å². The smallest absolute Gasteiger partial charge is 0.296 e. The number of piperidine rings is 1. The number of aromatic nitrogens is 4. The Hall–Kier alpha value is -3.90. The third-order valence-electron chi connectivity index (χ3n) is 5.71. The SMILES string of the molecule is O=C(Cc1ccccc1)Nc1nnc(OC2CCN(c3nnc(NC(=O)Cc4ccccc4)s3)CC2)s1. The van der Waals surface area contributed by atoms with E-state index in [4.69, 9.17) is 4.74 Å². The molecule has 190 valence electrons. The van der Waals surface area contributed by atoms with Crippen LogP contribution >= 0.6 is 22.7 Å². The van der Waals surface area contributed by atoms with Crippen molar-refractivity contribution in [3.05, 3.63) is 71.8 Å². The summed E-state index contributed by atoms with van der Waals surface area (Å²) in [6, 6.07) is 19.1. The van der Waals surface area contributed by atoms with Crippen LogP contribution in [0, 0.1) is 0 Å². The van der Waals surface area contributed by atoms with Gasteiger partial charge in [0.25, 0.3) is 5.19 Å². The topological polar surface area (TPSA) is 122 Å². The van der Waals surface area contributed by atoms with Gasteiger partial charge in [0.2, 0.25) is 27.2 Å². The number of ether oxygens (including phenoxy) is 1. The van der Waals surface area contributed by atoms with Gasteiger partial charge in [-0.05, 0) is 22.5 Å². The average molecular weight is 536 g/mol. The number of amides is 2. The lowest BCUT2D eigenvalue weighted by atomic mass is 10.1. The zero-order valence-electron chi connectivity index (χ0n) is 19.9. The second kappa shape index (κ2) is 11.9. The van der Waals surface area contributed by atoms with E-state index in [1.807, 2.05) is 60.7 Å². The fraction of sp³-hybridized carbons (Fsp3) is 0.280. The molecule has 0 spiro atoms. The molecule has 4 aromatic rings. The van der Waals surface area contributed by atoms with Crippen LogP contribution in [0.3, 0.4) is 0 Å². The number of nitrogens with zero attached hydrogens (tertiary/aromatic N) is 5. The molecule has 5 rings (SSSR count). The van der Waals surface area contributed by atoms with Crippen LogP contribution in [0.25, 0.3) is 0 Å². The van der Waals surface area contributed by atoms with Crippen LogP contribution in [0.15, 0.2) is 60.7 Å². The molecule has 0 saturated carbocycles.